The lowest BCUT2D eigenvalue weighted by atomic mass is 10.1. The molecule has 182 valence electrons. The van der Waals surface area contributed by atoms with Gasteiger partial charge in [-0.1, -0.05) is 62.4 Å². The molecule has 0 amide bonds. The molecule has 1 aromatic heterocycles. The average molecular weight is 464 g/mol. The number of ether oxygens (including phenoxy) is 2. The molecule has 34 heavy (non-hydrogen) atoms. The highest BCUT2D eigenvalue weighted by Gasteiger charge is 2.24. The molecule has 6 nitrogen and oxygen atoms in total. The third kappa shape index (κ3) is 6.72. The van der Waals surface area contributed by atoms with E-state index in [4.69, 9.17) is 14.6 Å². The van der Waals surface area contributed by atoms with E-state index < -0.39 is 6.10 Å². The van der Waals surface area contributed by atoms with Crippen molar-refractivity contribution >= 4 is 0 Å². The summed E-state index contributed by atoms with van der Waals surface area (Å²) >= 11 is 0. The number of hydrogen-bond acceptors (Lipinski definition) is 5. The molecular formula is C28H37N3O3. The third-order valence-electron chi connectivity index (χ3n) is 5.59. The third-order valence-corrected chi connectivity index (χ3v) is 5.59. The fourth-order valence-corrected chi connectivity index (χ4v) is 4.10. The molecule has 3 rings (SSSR count). The summed E-state index contributed by atoms with van der Waals surface area (Å²) in [4.78, 5) is 2.29. The van der Waals surface area contributed by atoms with Gasteiger partial charge in [0.25, 0.3) is 0 Å². The summed E-state index contributed by atoms with van der Waals surface area (Å²) in [6, 6.07) is 17.8. The van der Waals surface area contributed by atoms with Gasteiger partial charge in [-0.2, -0.15) is 5.10 Å². The largest absolute Gasteiger partial charge is 0.493 e. The number of nitrogens with zero attached hydrogens (tertiary/aromatic N) is 3. The molecule has 1 heterocycles. The van der Waals surface area contributed by atoms with Gasteiger partial charge in [-0.15, -0.1) is 6.58 Å². The summed E-state index contributed by atoms with van der Waals surface area (Å²) in [7, 11) is 3.53. The van der Waals surface area contributed by atoms with Crippen LogP contribution in [0.3, 0.4) is 0 Å². The lowest BCUT2D eigenvalue weighted by molar-refractivity contribution is 0.0953. The second-order valence-corrected chi connectivity index (χ2v) is 8.98. The number of para-hydroxylation sites is 2. The zero-order valence-electron chi connectivity index (χ0n) is 20.8. The lowest BCUT2D eigenvalue weighted by Crippen LogP contribution is -2.35. The fraction of sp³-hybridized carbons (Fsp3) is 0.393. The van der Waals surface area contributed by atoms with Gasteiger partial charge in [0.05, 0.1) is 18.8 Å². The summed E-state index contributed by atoms with van der Waals surface area (Å²) in [6.07, 6.45) is 2.92. The summed E-state index contributed by atoms with van der Waals surface area (Å²) in [5.74, 6) is 2.41. The molecule has 0 aliphatic rings. The molecule has 0 radical (unpaired) electrons. The first-order chi connectivity index (χ1) is 16.4. The molecule has 0 saturated heterocycles. The van der Waals surface area contributed by atoms with Crippen molar-refractivity contribution in [2.24, 2.45) is 13.0 Å². The van der Waals surface area contributed by atoms with Gasteiger partial charge < -0.3 is 14.6 Å². The fourth-order valence-electron chi connectivity index (χ4n) is 4.10. The molecule has 3 aromatic rings. The molecule has 1 atom stereocenters. The van der Waals surface area contributed by atoms with Crippen LogP contribution in [0.5, 0.6) is 17.4 Å². The van der Waals surface area contributed by atoms with Crippen LogP contribution in [-0.4, -0.2) is 46.1 Å². The second-order valence-electron chi connectivity index (χ2n) is 8.98. The van der Waals surface area contributed by atoms with Crippen LogP contribution in [0.2, 0.25) is 0 Å². The Morgan fingerprint density at radius 3 is 2.38 bits per heavy atom. The van der Waals surface area contributed by atoms with Crippen molar-refractivity contribution in [2.75, 3.05) is 20.2 Å². The maximum Gasteiger partial charge on any atom is 0.222 e. The molecule has 0 spiro atoms. The van der Waals surface area contributed by atoms with E-state index in [-0.39, 0.29) is 0 Å². The number of aliphatic hydroxyl groups excluding tert-OH is 1. The van der Waals surface area contributed by atoms with Crippen LogP contribution in [0.15, 0.2) is 67.3 Å². The molecule has 0 bridgehead atoms. The maximum absolute atomic E-state index is 10.6. The van der Waals surface area contributed by atoms with Crippen molar-refractivity contribution < 1.29 is 14.6 Å². The lowest BCUT2D eigenvalue weighted by Gasteiger charge is -2.27. The topological polar surface area (TPSA) is 59.8 Å². The highest BCUT2D eigenvalue weighted by molar-refractivity contribution is 5.66. The van der Waals surface area contributed by atoms with Gasteiger partial charge in [-0.3, -0.25) is 4.90 Å². The van der Waals surface area contributed by atoms with E-state index in [1.165, 1.54) is 0 Å². The van der Waals surface area contributed by atoms with E-state index in [9.17, 15) is 5.11 Å². The van der Waals surface area contributed by atoms with Gasteiger partial charge in [0.15, 0.2) is 11.5 Å². The Balaban J connectivity index is 2.01. The Kier molecular flexibility index (Phi) is 9.31. The predicted molar refractivity (Wildman–Crippen MR) is 137 cm³/mol. The molecule has 0 aliphatic heterocycles. The predicted octanol–water partition coefficient (Wildman–Crippen LogP) is 5.67. The minimum atomic E-state index is -0.424. The normalized spacial score (nSPS) is 12.2. The molecule has 0 aliphatic carbocycles. The van der Waals surface area contributed by atoms with Crippen LogP contribution in [0.4, 0.5) is 0 Å². The van der Waals surface area contributed by atoms with E-state index >= 15 is 0 Å². The minimum absolute atomic E-state index is 0.424. The van der Waals surface area contributed by atoms with Crippen molar-refractivity contribution in [2.45, 2.75) is 39.3 Å². The number of benzene rings is 2. The standard InChI is InChI=1S/C28H37N3O3/c1-6-7-15-23(32)19-31(18-21(2)3)20-24-27(22-13-9-8-10-14-22)29-30(4)28(24)34-26-17-12-11-16-25(26)33-5/h6,8-14,16-17,21,23,32H,1,7,15,18-20H2,2-5H3/t23-/m0/s1. The van der Waals surface area contributed by atoms with E-state index in [0.717, 1.165) is 29.8 Å². The molecular weight excluding hydrogens is 426 g/mol. The van der Waals surface area contributed by atoms with Crippen LogP contribution in [0.1, 0.15) is 32.3 Å². The van der Waals surface area contributed by atoms with Gasteiger partial charge in [-0.25, -0.2) is 4.68 Å². The quantitative estimate of drug-likeness (QED) is 0.331. The van der Waals surface area contributed by atoms with Crippen LogP contribution in [-0.2, 0) is 13.6 Å². The van der Waals surface area contributed by atoms with Gasteiger partial charge >= 0.3 is 0 Å². The minimum Gasteiger partial charge on any atom is -0.493 e. The van der Waals surface area contributed by atoms with Crippen molar-refractivity contribution in [3.8, 4) is 28.6 Å². The number of rotatable bonds is 13. The first-order valence-corrected chi connectivity index (χ1v) is 11.9. The summed E-state index contributed by atoms with van der Waals surface area (Å²) < 4.78 is 13.7. The molecule has 1 N–H and O–H groups in total. The Hall–Kier alpha value is -3.09. The maximum atomic E-state index is 10.6. The van der Waals surface area contributed by atoms with Gasteiger partial charge in [0.1, 0.15) is 5.69 Å². The van der Waals surface area contributed by atoms with Crippen molar-refractivity contribution in [1.82, 2.24) is 14.7 Å². The average Bonchev–Trinajstić information content (AvgIpc) is 3.13. The zero-order valence-corrected chi connectivity index (χ0v) is 20.8. The van der Waals surface area contributed by atoms with Gasteiger partial charge in [0, 0.05) is 32.2 Å². The number of hydrogen-bond donors (Lipinski definition) is 1. The Labute approximate surface area is 203 Å². The van der Waals surface area contributed by atoms with E-state index in [2.05, 4.69) is 37.5 Å². The molecule has 0 fully saturated rings. The zero-order chi connectivity index (χ0) is 24.5. The van der Waals surface area contributed by atoms with Crippen LogP contribution in [0, 0.1) is 5.92 Å². The second kappa shape index (κ2) is 12.4. The molecule has 6 heteroatoms. The van der Waals surface area contributed by atoms with Crippen LogP contribution in [0.25, 0.3) is 11.3 Å². The summed E-state index contributed by atoms with van der Waals surface area (Å²) in [5, 5.41) is 15.5. The van der Waals surface area contributed by atoms with Crippen molar-refractivity contribution in [3.05, 3.63) is 72.8 Å². The van der Waals surface area contributed by atoms with Gasteiger partial charge in [0.2, 0.25) is 5.88 Å². The summed E-state index contributed by atoms with van der Waals surface area (Å²) in [5.41, 5.74) is 2.89. The molecule has 0 unspecified atom stereocenters. The molecule has 0 saturated carbocycles. The first kappa shape index (κ1) is 25.5. The highest BCUT2D eigenvalue weighted by Crippen LogP contribution is 2.37. The van der Waals surface area contributed by atoms with E-state index in [1.807, 2.05) is 55.6 Å². The molecule has 2 aromatic carbocycles. The number of allylic oxidation sites excluding steroid dienone is 1. The number of aryl methyl sites for hydroxylation is 1. The number of aromatic nitrogens is 2. The monoisotopic (exact) mass is 463 g/mol. The highest BCUT2D eigenvalue weighted by atomic mass is 16.5. The van der Waals surface area contributed by atoms with Crippen LogP contribution < -0.4 is 9.47 Å². The Morgan fingerprint density at radius 2 is 1.74 bits per heavy atom. The Bertz CT molecular complexity index is 1050. The smallest absolute Gasteiger partial charge is 0.222 e. The van der Waals surface area contributed by atoms with Crippen molar-refractivity contribution in [1.29, 1.82) is 0 Å². The van der Waals surface area contributed by atoms with Gasteiger partial charge in [-0.05, 0) is 30.9 Å². The first-order valence-electron chi connectivity index (χ1n) is 11.9. The number of methoxy groups -OCH3 is 1. The summed E-state index contributed by atoms with van der Waals surface area (Å²) in [6.45, 7) is 10.2. The van der Waals surface area contributed by atoms with Crippen LogP contribution >= 0.6 is 0 Å². The Morgan fingerprint density at radius 1 is 1.06 bits per heavy atom. The number of aliphatic hydroxyl groups is 1. The van der Waals surface area contributed by atoms with Crippen molar-refractivity contribution in [3.63, 3.8) is 0 Å². The van der Waals surface area contributed by atoms with E-state index in [1.54, 1.807) is 11.8 Å². The SMILES string of the molecule is C=CCC[C@H](O)CN(Cc1c(-c2ccccc2)nn(C)c1Oc1ccccc1OC)CC(C)C. The van der Waals surface area contributed by atoms with E-state index in [0.29, 0.717) is 42.8 Å².